The van der Waals surface area contributed by atoms with Crippen molar-refractivity contribution in [2.24, 2.45) is 0 Å². The van der Waals surface area contributed by atoms with E-state index in [0.29, 0.717) is 5.56 Å². The molecule has 18 heavy (non-hydrogen) atoms. The van der Waals surface area contributed by atoms with Crippen molar-refractivity contribution in [1.29, 1.82) is 0 Å². The maximum absolute atomic E-state index is 11.5. The summed E-state index contributed by atoms with van der Waals surface area (Å²) in [6.45, 7) is 6.31. The number of methoxy groups -OCH3 is 1. The molecule has 0 atom stereocenters. The van der Waals surface area contributed by atoms with Gasteiger partial charge in [0.15, 0.2) is 5.65 Å². The van der Waals surface area contributed by atoms with Gasteiger partial charge in [-0.15, -0.1) is 10.2 Å². The Labute approximate surface area is 106 Å². The minimum Gasteiger partial charge on any atom is -0.465 e. The predicted octanol–water partition coefficient (Wildman–Crippen LogP) is 2.20. The Kier molecular flexibility index (Phi) is 3.07. The first-order valence-electron chi connectivity index (χ1n) is 5.93. The van der Waals surface area contributed by atoms with E-state index in [1.807, 2.05) is 4.40 Å². The molecule has 0 amide bonds. The van der Waals surface area contributed by atoms with Crippen LogP contribution >= 0.6 is 0 Å². The normalized spacial score (nSPS) is 11.8. The lowest BCUT2D eigenvalue weighted by Crippen LogP contribution is -2.20. The van der Waals surface area contributed by atoms with Gasteiger partial charge < -0.3 is 4.74 Å². The Hall–Kier alpha value is -1.91. The SMILES string of the molecule is CCC(C)(C)c1nnc2ccc(C(=O)OC)cn12. The van der Waals surface area contributed by atoms with E-state index in [9.17, 15) is 4.79 Å². The van der Waals surface area contributed by atoms with Crippen LogP contribution in [0.1, 0.15) is 43.4 Å². The molecule has 2 aromatic rings. The Morgan fingerprint density at radius 3 is 2.72 bits per heavy atom. The van der Waals surface area contributed by atoms with Crippen LogP contribution in [0.5, 0.6) is 0 Å². The highest BCUT2D eigenvalue weighted by molar-refractivity contribution is 5.89. The van der Waals surface area contributed by atoms with E-state index >= 15 is 0 Å². The molecule has 2 rings (SSSR count). The Morgan fingerprint density at radius 2 is 2.11 bits per heavy atom. The summed E-state index contributed by atoms with van der Waals surface area (Å²) in [4.78, 5) is 11.5. The highest BCUT2D eigenvalue weighted by atomic mass is 16.5. The van der Waals surface area contributed by atoms with Crippen molar-refractivity contribution in [3.8, 4) is 0 Å². The smallest absolute Gasteiger partial charge is 0.339 e. The lowest BCUT2D eigenvalue weighted by atomic mass is 9.89. The quantitative estimate of drug-likeness (QED) is 0.780. The van der Waals surface area contributed by atoms with Gasteiger partial charge in [-0.25, -0.2) is 4.79 Å². The van der Waals surface area contributed by atoms with Crippen LogP contribution in [0.2, 0.25) is 0 Å². The third kappa shape index (κ3) is 1.96. The van der Waals surface area contributed by atoms with Gasteiger partial charge in [0.05, 0.1) is 12.7 Å². The topological polar surface area (TPSA) is 56.5 Å². The van der Waals surface area contributed by atoms with Gasteiger partial charge in [0, 0.05) is 11.6 Å². The van der Waals surface area contributed by atoms with Crippen LogP contribution < -0.4 is 0 Å². The summed E-state index contributed by atoms with van der Waals surface area (Å²) in [6, 6.07) is 3.47. The number of nitrogens with zero attached hydrogens (tertiary/aromatic N) is 3. The van der Waals surface area contributed by atoms with E-state index < -0.39 is 0 Å². The number of aromatic nitrogens is 3. The lowest BCUT2D eigenvalue weighted by molar-refractivity contribution is 0.0600. The molecule has 5 heteroatoms. The number of carbonyl (C=O) groups excluding carboxylic acids is 1. The van der Waals surface area contributed by atoms with E-state index in [4.69, 9.17) is 4.74 Å². The van der Waals surface area contributed by atoms with Gasteiger partial charge in [-0.1, -0.05) is 20.8 Å². The number of fused-ring (bicyclic) bond motifs is 1. The molecule has 0 N–H and O–H groups in total. The Morgan fingerprint density at radius 1 is 1.39 bits per heavy atom. The molecule has 5 nitrogen and oxygen atoms in total. The van der Waals surface area contributed by atoms with Crippen LogP contribution in [0.15, 0.2) is 18.3 Å². The minimum absolute atomic E-state index is 0.0891. The van der Waals surface area contributed by atoms with Crippen LogP contribution in [0.4, 0.5) is 0 Å². The van der Waals surface area contributed by atoms with E-state index in [2.05, 4.69) is 31.0 Å². The van der Waals surface area contributed by atoms with E-state index in [1.165, 1.54) is 7.11 Å². The molecule has 0 aliphatic heterocycles. The molecule has 0 saturated heterocycles. The van der Waals surface area contributed by atoms with Crippen molar-refractivity contribution in [1.82, 2.24) is 14.6 Å². The standard InChI is InChI=1S/C13H17N3O2/c1-5-13(2,3)12-15-14-10-7-6-9(8-16(10)12)11(17)18-4/h6-8H,5H2,1-4H3. The second kappa shape index (κ2) is 4.40. The van der Waals surface area contributed by atoms with Gasteiger partial charge >= 0.3 is 5.97 Å². The molecule has 2 heterocycles. The summed E-state index contributed by atoms with van der Waals surface area (Å²) in [5.41, 5.74) is 1.14. The van der Waals surface area contributed by atoms with Crippen molar-refractivity contribution in [2.75, 3.05) is 7.11 Å². The second-order valence-corrected chi connectivity index (χ2v) is 4.90. The Bertz CT molecular complexity index is 587. The molecule has 0 aliphatic rings. The number of hydrogen-bond donors (Lipinski definition) is 0. The Balaban J connectivity index is 2.60. The zero-order valence-electron chi connectivity index (χ0n) is 11.1. The largest absolute Gasteiger partial charge is 0.465 e. The zero-order valence-corrected chi connectivity index (χ0v) is 11.1. The molecular weight excluding hydrogens is 230 g/mol. The van der Waals surface area contributed by atoms with Crippen molar-refractivity contribution in [3.63, 3.8) is 0 Å². The van der Waals surface area contributed by atoms with Crippen molar-refractivity contribution >= 4 is 11.6 Å². The van der Waals surface area contributed by atoms with Gasteiger partial charge in [0.1, 0.15) is 5.82 Å². The van der Waals surface area contributed by atoms with Crippen LogP contribution in [0, 0.1) is 0 Å². The average molecular weight is 247 g/mol. The third-order valence-electron chi connectivity index (χ3n) is 3.31. The third-order valence-corrected chi connectivity index (χ3v) is 3.31. The molecule has 0 saturated carbocycles. The van der Waals surface area contributed by atoms with E-state index in [1.54, 1.807) is 18.3 Å². The first-order chi connectivity index (χ1) is 8.49. The van der Waals surface area contributed by atoms with Gasteiger partial charge in [-0.3, -0.25) is 4.40 Å². The number of carbonyl (C=O) groups is 1. The molecular formula is C13H17N3O2. The van der Waals surface area contributed by atoms with E-state index in [-0.39, 0.29) is 11.4 Å². The maximum atomic E-state index is 11.5. The molecule has 0 unspecified atom stereocenters. The summed E-state index contributed by atoms with van der Waals surface area (Å²) < 4.78 is 6.58. The minimum atomic E-state index is -0.356. The summed E-state index contributed by atoms with van der Waals surface area (Å²) in [7, 11) is 1.37. The van der Waals surface area contributed by atoms with Gasteiger partial charge in [-0.2, -0.15) is 0 Å². The van der Waals surface area contributed by atoms with E-state index in [0.717, 1.165) is 17.9 Å². The summed E-state index contributed by atoms with van der Waals surface area (Å²) in [5, 5.41) is 8.34. The fraction of sp³-hybridized carbons (Fsp3) is 0.462. The molecule has 0 fully saturated rings. The van der Waals surface area contributed by atoms with Crippen LogP contribution in [0.25, 0.3) is 5.65 Å². The first kappa shape index (κ1) is 12.5. The highest BCUT2D eigenvalue weighted by Gasteiger charge is 2.24. The fourth-order valence-corrected chi connectivity index (χ4v) is 1.75. The molecule has 2 aromatic heterocycles. The van der Waals surface area contributed by atoms with Gasteiger partial charge in [-0.05, 0) is 18.6 Å². The lowest BCUT2D eigenvalue weighted by Gasteiger charge is -2.20. The second-order valence-electron chi connectivity index (χ2n) is 4.90. The van der Waals surface area contributed by atoms with Crippen LogP contribution in [0.3, 0.4) is 0 Å². The van der Waals surface area contributed by atoms with Crippen molar-refractivity contribution < 1.29 is 9.53 Å². The fourth-order valence-electron chi connectivity index (χ4n) is 1.75. The molecule has 96 valence electrons. The van der Waals surface area contributed by atoms with Crippen LogP contribution in [-0.2, 0) is 10.2 Å². The maximum Gasteiger partial charge on any atom is 0.339 e. The monoisotopic (exact) mass is 247 g/mol. The summed E-state index contributed by atoms with van der Waals surface area (Å²) in [5.74, 6) is 0.497. The summed E-state index contributed by atoms with van der Waals surface area (Å²) >= 11 is 0. The van der Waals surface area contributed by atoms with Crippen molar-refractivity contribution in [2.45, 2.75) is 32.6 Å². The highest BCUT2D eigenvalue weighted by Crippen LogP contribution is 2.25. The zero-order chi connectivity index (χ0) is 13.3. The van der Waals surface area contributed by atoms with Gasteiger partial charge in [0.25, 0.3) is 0 Å². The van der Waals surface area contributed by atoms with Crippen LogP contribution in [-0.4, -0.2) is 27.7 Å². The molecule has 0 aromatic carbocycles. The number of hydrogen-bond acceptors (Lipinski definition) is 4. The van der Waals surface area contributed by atoms with Gasteiger partial charge in [0.2, 0.25) is 0 Å². The molecule has 0 bridgehead atoms. The average Bonchev–Trinajstić information content (AvgIpc) is 2.81. The molecule has 0 aliphatic carbocycles. The number of esters is 1. The predicted molar refractivity (Wildman–Crippen MR) is 67.6 cm³/mol. The molecule has 0 spiro atoms. The number of ether oxygens (including phenoxy) is 1. The number of pyridine rings is 1. The summed E-state index contributed by atoms with van der Waals surface area (Å²) in [6.07, 6.45) is 2.67. The molecule has 0 radical (unpaired) electrons. The number of rotatable bonds is 3. The van der Waals surface area contributed by atoms with Crippen molar-refractivity contribution in [3.05, 3.63) is 29.7 Å². The first-order valence-corrected chi connectivity index (χ1v) is 5.93.